The van der Waals surface area contributed by atoms with Gasteiger partial charge in [0.25, 0.3) is 0 Å². The second-order valence-corrected chi connectivity index (χ2v) is 7.00. The van der Waals surface area contributed by atoms with E-state index in [9.17, 15) is 0 Å². The van der Waals surface area contributed by atoms with E-state index in [-0.39, 0.29) is 75.5 Å². The minimum Gasteiger partial charge on any atom is 2.00 e. The van der Waals surface area contributed by atoms with Crippen LogP contribution in [-0.4, -0.2) is 75.5 Å². The second kappa shape index (κ2) is 5.34. The molecule has 0 atom stereocenters. The molecule has 0 saturated carbocycles. The van der Waals surface area contributed by atoms with E-state index in [2.05, 4.69) is 0 Å². The van der Waals surface area contributed by atoms with Crippen LogP contribution < -0.4 is 0 Å². The fourth-order valence-electron chi connectivity index (χ4n) is 0.250. The Bertz CT molecular complexity index is 395. The van der Waals surface area contributed by atoms with Gasteiger partial charge in [0.2, 0.25) is 0 Å². The summed E-state index contributed by atoms with van der Waals surface area (Å²) in [4.78, 5) is 0. The SMILES string of the molecule is N#[C][Co-4]([C]#N)([C]#N)([C]#N)([C]#N)[C]#N.[Ca+2].[Ca+2]. The molecule has 0 aromatic carbocycles. The van der Waals surface area contributed by atoms with E-state index in [1.54, 1.807) is 0 Å². The van der Waals surface area contributed by atoms with Crippen LogP contribution in [0, 0.1) is 61.6 Å². The van der Waals surface area contributed by atoms with Crippen molar-refractivity contribution in [2.24, 2.45) is 0 Å². The zero-order valence-corrected chi connectivity index (χ0v) is 12.9. The van der Waals surface area contributed by atoms with Gasteiger partial charge in [-0.05, 0) is 0 Å². The molecule has 67 valence electrons. The zero-order valence-electron chi connectivity index (χ0n) is 7.43. The Morgan fingerprint density at radius 3 is 0.600 bits per heavy atom. The van der Waals surface area contributed by atoms with Crippen LogP contribution in [0.4, 0.5) is 0 Å². The molecule has 0 fully saturated rings. The van der Waals surface area contributed by atoms with Crippen molar-refractivity contribution < 1.29 is 10.5 Å². The summed E-state index contributed by atoms with van der Waals surface area (Å²) in [5, 5.41) is 57.6. The van der Waals surface area contributed by atoms with E-state index >= 15 is 0 Å². The summed E-state index contributed by atoms with van der Waals surface area (Å²) < 4.78 is 0. The van der Waals surface area contributed by atoms with Crippen LogP contribution in [0.1, 0.15) is 0 Å². The van der Waals surface area contributed by atoms with Crippen LogP contribution in [0.25, 0.3) is 0 Å². The average Bonchev–Trinajstić information content (AvgIpc) is 2.26. The van der Waals surface area contributed by atoms with Gasteiger partial charge in [-0.2, -0.15) is 0 Å². The van der Waals surface area contributed by atoms with Gasteiger partial charge in [0.15, 0.2) is 0 Å². The maximum Gasteiger partial charge on any atom is 2.00 e. The van der Waals surface area contributed by atoms with Crippen LogP contribution >= 0.6 is 0 Å². The largest absolute Gasteiger partial charge is 2.00 e. The average molecular weight is 295 g/mol. The molecule has 0 radical (unpaired) electrons. The molecule has 0 bridgehead atoms. The fourth-order valence-corrected chi connectivity index (χ4v) is 1.03. The van der Waals surface area contributed by atoms with Gasteiger partial charge in [-0.15, -0.1) is 0 Å². The smallest absolute Gasteiger partial charge is 2.00 e. The summed E-state index contributed by atoms with van der Waals surface area (Å²) in [6.07, 6.45) is 0. The molecule has 6 nitrogen and oxygen atoms in total. The first-order valence-electron chi connectivity index (χ1n) is 2.34. The normalized spacial score (nSPS) is 11.6. The fraction of sp³-hybridized carbons (Fsp3) is 0. The topological polar surface area (TPSA) is 143 Å². The molecule has 0 aliphatic carbocycles. The third-order valence-electron chi connectivity index (χ3n) is 1.12. The van der Waals surface area contributed by atoms with Crippen molar-refractivity contribution in [2.75, 3.05) is 0 Å². The van der Waals surface area contributed by atoms with Crippen molar-refractivity contribution in [1.82, 2.24) is 0 Å². The van der Waals surface area contributed by atoms with Crippen molar-refractivity contribution >= 4 is 75.5 Å². The van der Waals surface area contributed by atoms with E-state index in [1.807, 2.05) is 0 Å². The Labute approximate surface area is 145 Å². The standard InChI is InChI=1S/6CN.2Ca.Co/c6*1-2;;;/q;;;;;;2*+2;-4. The molecule has 0 N–H and O–H groups in total. The Morgan fingerprint density at radius 1 is 0.467 bits per heavy atom. The third-order valence-corrected chi connectivity index (χ3v) is 4.61. The van der Waals surface area contributed by atoms with Crippen molar-refractivity contribution in [3.05, 3.63) is 0 Å². The maximum absolute atomic E-state index is 8.58. The van der Waals surface area contributed by atoms with Gasteiger partial charge in [0, 0.05) is 0 Å². The molecule has 0 aliphatic rings. The van der Waals surface area contributed by atoms with Crippen molar-refractivity contribution in [1.29, 1.82) is 31.6 Å². The number of nitrogens with zero attached hydrogens (tertiary/aromatic N) is 6. The van der Waals surface area contributed by atoms with E-state index in [4.69, 9.17) is 31.6 Å². The van der Waals surface area contributed by atoms with E-state index in [1.165, 1.54) is 0 Å². The predicted molar refractivity (Wildman–Crippen MR) is 45.2 cm³/mol. The quantitative estimate of drug-likeness (QED) is 0.542. The molecule has 0 saturated heterocycles. The minimum atomic E-state index is -6.03. The Hall–Kier alpha value is -0.0340. The van der Waals surface area contributed by atoms with Crippen molar-refractivity contribution in [3.8, 4) is 30.0 Å². The maximum atomic E-state index is 8.58. The minimum absolute atomic E-state index is 0. The molecule has 9 heteroatoms. The van der Waals surface area contributed by atoms with Crippen LogP contribution in [0.15, 0.2) is 0 Å². The number of hydrogen-bond donors (Lipinski definition) is 0. The molecular weight excluding hydrogens is 295 g/mol. The van der Waals surface area contributed by atoms with Crippen LogP contribution in [0.2, 0.25) is 0 Å². The summed E-state index contributed by atoms with van der Waals surface area (Å²) >= 11 is 0. The Morgan fingerprint density at radius 2 is 0.600 bits per heavy atom. The Kier molecular flexibility index (Phi) is 7.26. The molecule has 0 spiro atoms. The van der Waals surface area contributed by atoms with Gasteiger partial charge in [0.05, 0.1) is 0 Å². The summed E-state index contributed by atoms with van der Waals surface area (Å²) in [5.74, 6) is 0. The number of rotatable bonds is 0. The van der Waals surface area contributed by atoms with Gasteiger partial charge >= 0.3 is 148 Å². The van der Waals surface area contributed by atoms with Gasteiger partial charge < -0.3 is 0 Å². The molecule has 0 aromatic heterocycles. The summed E-state index contributed by atoms with van der Waals surface area (Å²) in [7, 11) is -6.03. The van der Waals surface area contributed by atoms with Gasteiger partial charge in [-0.1, -0.05) is 0 Å². The summed E-state index contributed by atoms with van der Waals surface area (Å²) in [5.41, 5.74) is 0. The van der Waals surface area contributed by atoms with Gasteiger partial charge in [-0.25, -0.2) is 0 Å². The van der Waals surface area contributed by atoms with Crippen LogP contribution in [0.5, 0.6) is 0 Å². The first kappa shape index (κ1) is 20.4. The zero-order chi connectivity index (χ0) is 10.7. The van der Waals surface area contributed by atoms with Crippen LogP contribution in [-0.2, 0) is 10.5 Å². The van der Waals surface area contributed by atoms with Crippen molar-refractivity contribution in [2.45, 2.75) is 0 Å². The monoisotopic (exact) mass is 295 g/mol. The Balaban J connectivity index is -0.000000720. The molecule has 0 aromatic rings. The van der Waals surface area contributed by atoms with Gasteiger partial charge in [-0.3, -0.25) is 0 Å². The van der Waals surface area contributed by atoms with E-state index in [0.717, 1.165) is 30.0 Å². The second-order valence-electron chi connectivity index (χ2n) is 1.70. The summed E-state index contributed by atoms with van der Waals surface area (Å²) in [6, 6.07) is 0. The van der Waals surface area contributed by atoms with Gasteiger partial charge in [0.1, 0.15) is 0 Å². The molecule has 15 heavy (non-hydrogen) atoms. The molecule has 0 heterocycles. The molecule has 0 unspecified atom stereocenters. The predicted octanol–water partition coefficient (Wildman–Crippen LogP) is -0.663. The first-order chi connectivity index (χ1) is 5.97. The number of hydrogen-bond acceptors (Lipinski definition) is 6. The number of nitriles is 6. The molecule has 0 amide bonds. The molecule has 0 aliphatic heterocycles. The van der Waals surface area contributed by atoms with E-state index in [0.29, 0.717) is 0 Å². The summed E-state index contributed by atoms with van der Waals surface area (Å²) in [6.45, 7) is 0. The molecule has 0 rings (SSSR count). The van der Waals surface area contributed by atoms with Crippen molar-refractivity contribution in [3.63, 3.8) is 0 Å². The van der Waals surface area contributed by atoms with E-state index < -0.39 is 10.5 Å². The molecular formula is C6Ca2CoN6. The third kappa shape index (κ3) is 2.23. The first-order valence-corrected chi connectivity index (χ1v) is 5.46. The van der Waals surface area contributed by atoms with Crippen LogP contribution in [0.3, 0.4) is 0 Å².